The normalized spacial score (nSPS) is 13.9. The van der Waals surface area contributed by atoms with Crippen LogP contribution >= 0.6 is 24.0 Å². The van der Waals surface area contributed by atoms with E-state index >= 15 is 0 Å². The van der Waals surface area contributed by atoms with E-state index in [1.807, 2.05) is 6.92 Å². The molecule has 2 atom stereocenters. The Labute approximate surface area is 176 Å². The molecule has 0 spiro atoms. The van der Waals surface area contributed by atoms with Gasteiger partial charge in [0.25, 0.3) is 0 Å². The second kappa shape index (κ2) is 14.2. The maximum absolute atomic E-state index is 9.97. The maximum atomic E-state index is 9.97. The Morgan fingerprint density at radius 3 is 2.35 bits per heavy atom. The molecule has 0 amide bonds. The molecule has 2 unspecified atom stereocenters. The zero-order valence-electron chi connectivity index (χ0n) is 16.8. The molecule has 5 nitrogen and oxygen atoms in total. The third kappa shape index (κ3) is 11.0. The van der Waals surface area contributed by atoms with Crippen molar-refractivity contribution < 1.29 is 9.84 Å². The van der Waals surface area contributed by atoms with Crippen LogP contribution in [0.4, 0.5) is 0 Å². The third-order valence-corrected chi connectivity index (χ3v) is 3.79. The fourth-order valence-corrected chi connectivity index (χ4v) is 2.29. The molecule has 1 rings (SSSR count). The van der Waals surface area contributed by atoms with Crippen LogP contribution in [0.3, 0.4) is 0 Å². The van der Waals surface area contributed by atoms with E-state index in [0.29, 0.717) is 31.6 Å². The van der Waals surface area contributed by atoms with Crippen molar-refractivity contribution in [1.82, 2.24) is 10.6 Å². The summed E-state index contributed by atoms with van der Waals surface area (Å²) in [7, 11) is 0. The number of rotatable bonds is 10. The van der Waals surface area contributed by atoms with Crippen molar-refractivity contribution in [2.24, 2.45) is 10.9 Å². The van der Waals surface area contributed by atoms with Gasteiger partial charge in [0.2, 0.25) is 0 Å². The van der Waals surface area contributed by atoms with Crippen LogP contribution in [0.25, 0.3) is 0 Å². The summed E-state index contributed by atoms with van der Waals surface area (Å²) in [5.41, 5.74) is 2.57. The molecular weight excluding hydrogens is 441 g/mol. The average Bonchev–Trinajstić information content (AvgIpc) is 2.57. The van der Waals surface area contributed by atoms with Gasteiger partial charge in [0.15, 0.2) is 5.96 Å². The molecule has 0 fully saturated rings. The largest absolute Gasteiger partial charge is 0.389 e. The van der Waals surface area contributed by atoms with E-state index < -0.39 is 6.10 Å². The van der Waals surface area contributed by atoms with Gasteiger partial charge >= 0.3 is 0 Å². The molecule has 0 aromatic heterocycles. The second-order valence-corrected chi connectivity index (χ2v) is 7.00. The lowest BCUT2D eigenvalue weighted by atomic mass is 10.0. The van der Waals surface area contributed by atoms with Gasteiger partial charge < -0.3 is 20.5 Å². The van der Waals surface area contributed by atoms with Gasteiger partial charge in [0, 0.05) is 19.7 Å². The standard InChI is InChI=1S/C20H35N3O2.HI/c1-6-21-20(23-12-19(24)14-25-13-15(2)3)22-11-17(5)18-9-7-16(4)8-10-18;/h7-10,15,17,19,24H,6,11-14H2,1-5H3,(H2,21,22,23);1H. The monoisotopic (exact) mass is 477 g/mol. The van der Waals surface area contributed by atoms with E-state index in [2.05, 4.69) is 67.6 Å². The lowest BCUT2D eigenvalue weighted by Crippen LogP contribution is -2.39. The fraction of sp³-hybridized carbons (Fsp3) is 0.650. The number of aliphatic hydroxyl groups excluding tert-OH is 1. The van der Waals surface area contributed by atoms with Crippen LogP contribution in [0, 0.1) is 12.8 Å². The Bertz CT molecular complexity index is 506. The second-order valence-electron chi connectivity index (χ2n) is 7.00. The van der Waals surface area contributed by atoms with Gasteiger partial charge in [-0.1, -0.05) is 50.6 Å². The number of hydrogen-bond donors (Lipinski definition) is 3. The van der Waals surface area contributed by atoms with Gasteiger partial charge in [-0.25, -0.2) is 0 Å². The smallest absolute Gasteiger partial charge is 0.191 e. The third-order valence-electron chi connectivity index (χ3n) is 3.79. The molecule has 0 heterocycles. The molecule has 150 valence electrons. The van der Waals surface area contributed by atoms with Crippen LogP contribution in [-0.2, 0) is 4.74 Å². The molecule has 0 aliphatic heterocycles. The van der Waals surface area contributed by atoms with E-state index in [4.69, 9.17) is 4.74 Å². The summed E-state index contributed by atoms with van der Waals surface area (Å²) in [5, 5.41) is 16.5. The van der Waals surface area contributed by atoms with Crippen LogP contribution in [0.15, 0.2) is 29.3 Å². The molecule has 0 saturated carbocycles. The predicted octanol–water partition coefficient (Wildman–Crippen LogP) is 3.31. The lowest BCUT2D eigenvalue weighted by Gasteiger charge is -2.17. The Morgan fingerprint density at radius 2 is 1.77 bits per heavy atom. The van der Waals surface area contributed by atoms with Crippen molar-refractivity contribution in [3.63, 3.8) is 0 Å². The predicted molar refractivity (Wildman–Crippen MR) is 121 cm³/mol. The molecular formula is C20H36IN3O2. The highest BCUT2D eigenvalue weighted by Gasteiger charge is 2.08. The van der Waals surface area contributed by atoms with Crippen molar-refractivity contribution in [1.29, 1.82) is 0 Å². The van der Waals surface area contributed by atoms with E-state index in [-0.39, 0.29) is 24.0 Å². The van der Waals surface area contributed by atoms with Gasteiger partial charge in [-0.15, -0.1) is 24.0 Å². The van der Waals surface area contributed by atoms with Crippen molar-refractivity contribution in [2.45, 2.75) is 46.6 Å². The molecule has 3 N–H and O–H groups in total. The zero-order valence-corrected chi connectivity index (χ0v) is 19.1. The Morgan fingerprint density at radius 1 is 1.12 bits per heavy atom. The van der Waals surface area contributed by atoms with E-state index in [1.54, 1.807) is 0 Å². The Balaban J connectivity index is 0.00000625. The molecule has 0 aliphatic rings. The summed E-state index contributed by atoms with van der Waals surface area (Å²) >= 11 is 0. The summed E-state index contributed by atoms with van der Waals surface area (Å²) in [4.78, 5) is 4.46. The number of benzene rings is 1. The number of halogens is 1. The molecule has 0 saturated heterocycles. The first-order valence-electron chi connectivity index (χ1n) is 9.26. The minimum Gasteiger partial charge on any atom is -0.389 e. The van der Waals surface area contributed by atoms with Gasteiger partial charge in [0.1, 0.15) is 0 Å². The zero-order chi connectivity index (χ0) is 18.7. The number of nitrogens with zero attached hydrogens (tertiary/aromatic N) is 1. The van der Waals surface area contributed by atoms with E-state index in [1.165, 1.54) is 11.1 Å². The SMILES string of the molecule is CCNC(=NCC(O)COCC(C)C)NCC(C)c1ccc(C)cc1.I. The first-order chi connectivity index (χ1) is 11.9. The lowest BCUT2D eigenvalue weighted by molar-refractivity contribution is 0.0301. The van der Waals surface area contributed by atoms with Crippen molar-refractivity contribution >= 4 is 29.9 Å². The minimum atomic E-state index is -0.580. The molecule has 26 heavy (non-hydrogen) atoms. The number of nitrogens with one attached hydrogen (secondary N) is 2. The first-order valence-corrected chi connectivity index (χ1v) is 9.26. The van der Waals surface area contributed by atoms with E-state index in [0.717, 1.165) is 19.0 Å². The molecule has 0 aliphatic carbocycles. The molecule has 1 aromatic carbocycles. The Kier molecular flexibility index (Phi) is 13.8. The molecule has 0 radical (unpaired) electrons. The van der Waals surface area contributed by atoms with Gasteiger partial charge in [0.05, 0.1) is 19.3 Å². The summed E-state index contributed by atoms with van der Waals surface area (Å²) in [6.07, 6.45) is -0.580. The van der Waals surface area contributed by atoms with Crippen LogP contribution in [0.2, 0.25) is 0 Å². The van der Waals surface area contributed by atoms with Crippen LogP contribution < -0.4 is 10.6 Å². The summed E-state index contributed by atoms with van der Waals surface area (Å²) in [6.45, 7) is 13.4. The topological polar surface area (TPSA) is 65.9 Å². The van der Waals surface area contributed by atoms with E-state index in [9.17, 15) is 5.11 Å². The quantitative estimate of drug-likeness (QED) is 0.275. The highest BCUT2D eigenvalue weighted by molar-refractivity contribution is 14.0. The number of hydrogen-bond acceptors (Lipinski definition) is 3. The van der Waals surface area contributed by atoms with Crippen molar-refractivity contribution in [2.75, 3.05) is 32.8 Å². The van der Waals surface area contributed by atoms with Gasteiger partial charge in [-0.05, 0) is 31.2 Å². The Hall–Kier alpha value is -0.860. The number of guanidine groups is 1. The molecule has 0 bridgehead atoms. The van der Waals surface area contributed by atoms with Crippen LogP contribution in [-0.4, -0.2) is 50.0 Å². The maximum Gasteiger partial charge on any atom is 0.191 e. The van der Waals surface area contributed by atoms with Crippen molar-refractivity contribution in [3.05, 3.63) is 35.4 Å². The highest BCUT2D eigenvalue weighted by atomic mass is 127. The number of aliphatic hydroxyl groups is 1. The summed E-state index contributed by atoms with van der Waals surface area (Å²) in [6, 6.07) is 8.61. The number of ether oxygens (including phenoxy) is 1. The highest BCUT2D eigenvalue weighted by Crippen LogP contribution is 2.14. The first kappa shape index (κ1) is 25.1. The van der Waals surface area contributed by atoms with Gasteiger partial charge in [-0.2, -0.15) is 0 Å². The number of aliphatic imine (C=N–C) groups is 1. The van der Waals surface area contributed by atoms with Crippen LogP contribution in [0.5, 0.6) is 0 Å². The average molecular weight is 477 g/mol. The fourth-order valence-electron chi connectivity index (χ4n) is 2.29. The minimum absolute atomic E-state index is 0. The summed E-state index contributed by atoms with van der Waals surface area (Å²) < 4.78 is 5.45. The molecule has 6 heteroatoms. The van der Waals surface area contributed by atoms with Crippen LogP contribution in [0.1, 0.15) is 44.7 Å². The van der Waals surface area contributed by atoms with Gasteiger partial charge in [-0.3, -0.25) is 4.99 Å². The molecule has 1 aromatic rings. The number of aryl methyl sites for hydroxylation is 1. The van der Waals surface area contributed by atoms with Crippen molar-refractivity contribution in [3.8, 4) is 0 Å². The summed E-state index contributed by atoms with van der Waals surface area (Å²) in [5.74, 6) is 1.58.